The molecule has 1 aromatic rings. The number of Topliss-reactive ketones (excluding diaryl/α,β-unsaturated/α-hetero) is 1. The highest BCUT2D eigenvalue weighted by Crippen LogP contribution is 2.25. The van der Waals surface area contributed by atoms with E-state index in [9.17, 15) is 9.59 Å². The molecule has 0 bridgehead atoms. The van der Waals surface area contributed by atoms with Crippen LogP contribution >= 0.6 is 0 Å². The maximum Gasteiger partial charge on any atom is 0.163 e. The number of rotatable bonds is 3. The molecular formula is C11H12O3. The van der Waals surface area contributed by atoms with E-state index < -0.39 is 0 Å². The standard InChI is InChI=1S/C11H12O3/c1-7-4-5-9(8(2)13)11(14-3)10(7)6-12/h4-6H,1-3H3. The molecule has 0 heterocycles. The van der Waals surface area contributed by atoms with E-state index >= 15 is 0 Å². The molecule has 0 radical (unpaired) electrons. The fraction of sp³-hybridized carbons (Fsp3) is 0.273. The predicted octanol–water partition coefficient (Wildman–Crippen LogP) is 2.02. The molecule has 1 aromatic carbocycles. The zero-order valence-corrected chi connectivity index (χ0v) is 8.46. The van der Waals surface area contributed by atoms with Crippen molar-refractivity contribution in [2.75, 3.05) is 7.11 Å². The molecule has 0 N–H and O–H groups in total. The number of benzene rings is 1. The smallest absolute Gasteiger partial charge is 0.163 e. The Morgan fingerprint density at radius 3 is 2.50 bits per heavy atom. The second kappa shape index (κ2) is 4.05. The summed E-state index contributed by atoms with van der Waals surface area (Å²) in [5, 5.41) is 0. The molecular weight excluding hydrogens is 180 g/mol. The lowest BCUT2D eigenvalue weighted by Crippen LogP contribution is -2.02. The molecule has 74 valence electrons. The fourth-order valence-corrected chi connectivity index (χ4v) is 1.34. The van der Waals surface area contributed by atoms with Gasteiger partial charge in [-0.1, -0.05) is 6.07 Å². The Morgan fingerprint density at radius 2 is 2.07 bits per heavy atom. The van der Waals surface area contributed by atoms with Crippen LogP contribution < -0.4 is 4.74 Å². The summed E-state index contributed by atoms with van der Waals surface area (Å²) in [5.41, 5.74) is 1.70. The first-order valence-electron chi connectivity index (χ1n) is 4.25. The Labute approximate surface area is 82.7 Å². The van der Waals surface area contributed by atoms with Crippen molar-refractivity contribution in [1.82, 2.24) is 0 Å². The second-order valence-electron chi connectivity index (χ2n) is 3.05. The van der Waals surface area contributed by atoms with Crippen LogP contribution in [-0.4, -0.2) is 19.2 Å². The van der Waals surface area contributed by atoms with Gasteiger partial charge in [0.25, 0.3) is 0 Å². The van der Waals surface area contributed by atoms with Crippen molar-refractivity contribution in [2.24, 2.45) is 0 Å². The Kier molecular flexibility index (Phi) is 3.02. The van der Waals surface area contributed by atoms with Crippen molar-refractivity contribution in [1.29, 1.82) is 0 Å². The first-order valence-corrected chi connectivity index (χ1v) is 4.25. The molecule has 0 spiro atoms. The van der Waals surface area contributed by atoms with Crippen molar-refractivity contribution >= 4 is 12.1 Å². The lowest BCUT2D eigenvalue weighted by molar-refractivity contribution is 0.101. The predicted molar refractivity (Wildman–Crippen MR) is 53.1 cm³/mol. The molecule has 0 amide bonds. The molecule has 0 fully saturated rings. The van der Waals surface area contributed by atoms with Crippen LogP contribution in [0.25, 0.3) is 0 Å². The zero-order valence-electron chi connectivity index (χ0n) is 8.46. The SMILES string of the molecule is COc1c(C(C)=O)ccc(C)c1C=O. The minimum absolute atomic E-state index is 0.107. The first kappa shape index (κ1) is 10.4. The van der Waals surface area contributed by atoms with Crippen LogP contribution in [0.5, 0.6) is 5.75 Å². The molecule has 0 aliphatic heterocycles. The quantitative estimate of drug-likeness (QED) is 0.543. The summed E-state index contributed by atoms with van der Waals surface area (Å²) in [6.07, 6.45) is 0.709. The number of hydrogen-bond donors (Lipinski definition) is 0. The largest absolute Gasteiger partial charge is 0.495 e. The molecule has 3 nitrogen and oxygen atoms in total. The van der Waals surface area contributed by atoms with E-state index in [0.29, 0.717) is 23.2 Å². The summed E-state index contributed by atoms with van der Waals surface area (Å²) in [5.74, 6) is 0.262. The molecule has 0 saturated heterocycles. The van der Waals surface area contributed by atoms with Gasteiger partial charge in [0.2, 0.25) is 0 Å². The van der Waals surface area contributed by atoms with Crippen molar-refractivity contribution in [3.8, 4) is 5.75 Å². The number of hydrogen-bond acceptors (Lipinski definition) is 3. The van der Waals surface area contributed by atoms with Gasteiger partial charge in [-0.05, 0) is 25.5 Å². The molecule has 3 heteroatoms. The van der Waals surface area contributed by atoms with E-state index in [4.69, 9.17) is 4.74 Å². The number of methoxy groups -OCH3 is 1. The highest BCUT2D eigenvalue weighted by molar-refractivity contribution is 6.00. The number of carbonyl (C=O) groups excluding carboxylic acids is 2. The Morgan fingerprint density at radius 1 is 1.43 bits per heavy atom. The average molecular weight is 192 g/mol. The Hall–Kier alpha value is -1.64. The molecule has 0 aliphatic carbocycles. The second-order valence-corrected chi connectivity index (χ2v) is 3.05. The highest BCUT2D eigenvalue weighted by atomic mass is 16.5. The van der Waals surface area contributed by atoms with Gasteiger partial charge in [-0.15, -0.1) is 0 Å². The molecule has 0 atom stereocenters. The van der Waals surface area contributed by atoms with Crippen LogP contribution in [-0.2, 0) is 0 Å². The number of aldehydes is 1. The monoisotopic (exact) mass is 192 g/mol. The summed E-state index contributed by atoms with van der Waals surface area (Å²) in [6, 6.07) is 3.41. The molecule has 0 aliphatic rings. The maximum absolute atomic E-state index is 11.2. The number of aryl methyl sites for hydroxylation is 1. The fourth-order valence-electron chi connectivity index (χ4n) is 1.34. The Balaban J connectivity index is 3.48. The topological polar surface area (TPSA) is 43.4 Å². The lowest BCUT2D eigenvalue weighted by atomic mass is 10.0. The van der Waals surface area contributed by atoms with Gasteiger partial charge in [0.1, 0.15) is 5.75 Å². The van der Waals surface area contributed by atoms with E-state index in [2.05, 4.69) is 0 Å². The molecule has 14 heavy (non-hydrogen) atoms. The van der Waals surface area contributed by atoms with Crippen LogP contribution in [0.15, 0.2) is 12.1 Å². The van der Waals surface area contributed by atoms with Crippen LogP contribution in [0, 0.1) is 6.92 Å². The normalized spacial score (nSPS) is 9.64. The van der Waals surface area contributed by atoms with Crippen LogP contribution in [0.1, 0.15) is 33.2 Å². The number of carbonyl (C=O) groups is 2. The van der Waals surface area contributed by atoms with E-state index in [-0.39, 0.29) is 5.78 Å². The number of ether oxygens (including phenoxy) is 1. The zero-order chi connectivity index (χ0) is 10.7. The van der Waals surface area contributed by atoms with Gasteiger partial charge in [-0.3, -0.25) is 9.59 Å². The first-order chi connectivity index (χ1) is 6.61. The molecule has 0 unspecified atom stereocenters. The third-order valence-electron chi connectivity index (χ3n) is 2.12. The minimum Gasteiger partial charge on any atom is -0.495 e. The van der Waals surface area contributed by atoms with E-state index in [1.807, 2.05) is 0 Å². The third kappa shape index (κ3) is 1.66. The van der Waals surface area contributed by atoms with Crippen molar-refractivity contribution in [3.05, 3.63) is 28.8 Å². The van der Waals surface area contributed by atoms with Crippen LogP contribution in [0.2, 0.25) is 0 Å². The maximum atomic E-state index is 11.2. The van der Waals surface area contributed by atoms with Crippen LogP contribution in [0.3, 0.4) is 0 Å². The van der Waals surface area contributed by atoms with Crippen molar-refractivity contribution < 1.29 is 14.3 Å². The highest BCUT2D eigenvalue weighted by Gasteiger charge is 2.13. The van der Waals surface area contributed by atoms with Gasteiger partial charge in [0, 0.05) is 0 Å². The van der Waals surface area contributed by atoms with Crippen molar-refractivity contribution in [2.45, 2.75) is 13.8 Å². The van der Waals surface area contributed by atoms with Crippen molar-refractivity contribution in [3.63, 3.8) is 0 Å². The minimum atomic E-state index is -0.107. The van der Waals surface area contributed by atoms with Gasteiger partial charge in [0.15, 0.2) is 12.1 Å². The van der Waals surface area contributed by atoms with E-state index in [0.717, 1.165) is 5.56 Å². The summed E-state index contributed by atoms with van der Waals surface area (Å²) in [4.78, 5) is 22.0. The lowest BCUT2D eigenvalue weighted by Gasteiger charge is -2.10. The van der Waals surface area contributed by atoms with E-state index in [1.165, 1.54) is 14.0 Å². The summed E-state index contributed by atoms with van der Waals surface area (Å²) >= 11 is 0. The van der Waals surface area contributed by atoms with Gasteiger partial charge >= 0.3 is 0 Å². The average Bonchev–Trinajstić information content (AvgIpc) is 2.16. The summed E-state index contributed by atoms with van der Waals surface area (Å²) < 4.78 is 5.06. The van der Waals surface area contributed by atoms with Gasteiger partial charge in [-0.2, -0.15) is 0 Å². The van der Waals surface area contributed by atoms with Gasteiger partial charge in [0.05, 0.1) is 18.2 Å². The van der Waals surface area contributed by atoms with Crippen LogP contribution in [0.4, 0.5) is 0 Å². The molecule has 0 saturated carbocycles. The summed E-state index contributed by atoms with van der Waals surface area (Å²) in [7, 11) is 1.45. The van der Waals surface area contributed by atoms with Gasteiger partial charge < -0.3 is 4.74 Å². The van der Waals surface area contributed by atoms with E-state index in [1.54, 1.807) is 19.1 Å². The molecule has 0 aromatic heterocycles. The summed E-state index contributed by atoms with van der Waals surface area (Å²) in [6.45, 7) is 3.25. The Bertz CT molecular complexity index is 380. The third-order valence-corrected chi connectivity index (χ3v) is 2.12. The molecule has 1 rings (SSSR count). The number of ketones is 1. The van der Waals surface area contributed by atoms with Gasteiger partial charge in [-0.25, -0.2) is 0 Å².